The molecule has 1 saturated heterocycles. The Balaban J connectivity index is 2.14. The van der Waals surface area contributed by atoms with Crippen LogP contribution in [0, 0.1) is 11.8 Å². The van der Waals surface area contributed by atoms with Crippen LogP contribution in [0.5, 0.6) is 0 Å². The molecule has 0 saturated carbocycles. The summed E-state index contributed by atoms with van der Waals surface area (Å²) in [6.45, 7) is 5.75. The molecule has 0 spiro atoms. The standard InChI is InChI=1S/C13H17N/c1-10(2)4-5-11-8-12-6-7-13(9-11)14(12)3/h8,12-13H,1,6-7,9H2,2-3H3. The third-order valence-corrected chi connectivity index (χ3v) is 3.18. The molecule has 0 radical (unpaired) electrons. The molecule has 0 aromatic carbocycles. The summed E-state index contributed by atoms with van der Waals surface area (Å²) in [7, 11) is 2.22. The molecule has 2 heterocycles. The van der Waals surface area contributed by atoms with Crippen LogP contribution in [0.4, 0.5) is 0 Å². The van der Waals surface area contributed by atoms with Gasteiger partial charge in [0.15, 0.2) is 0 Å². The van der Waals surface area contributed by atoms with E-state index in [-0.39, 0.29) is 0 Å². The van der Waals surface area contributed by atoms with Gasteiger partial charge in [-0.3, -0.25) is 4.90 Å². The number of hydrogen-bond donors (Lipinski definition) is 0. The lowest BCUT2D eigenvalue weighted by atomic mass is 10.0. The third kappa shape index (κ3) is 1.76. The molecule has 0 N–H and O–H groups in total. The van der Waals surface area contributed by atoms with E-state index in [4.69, 9.17) is 0 Å². The molecule has 0 aromatic heterocycles. The summed E-state index contributed by atoms with van der Waals surface area (Å²) in [5.74, 6) is 6.29. The van der Waals surface area contributed by atoms with Gasteiger partial charge in [-0.25, -0.2) is 0 Å². The van der Waals surface area contributed by atoms with Crippen molar-refractivity contribution in [1.82, 2.24) is 4.90 Å². The fraction of sp³-hybridized carbons (Fsp3) is 0.538. The Morgan fingerprint density at radius 1 is 1.57 bits per heavy atom. The zero-order valence-electron chi connectivity index (χ0n) is 9.01. The number of fused-ring (bicyclic) bond motifs is 2. The van der Waals surface area contributed by atoms with Crippen LogP contribution >= 0.6 is 0 Å². The number of allylic oxidation sites excluding steroid dienone is 1. The van der Waals surface area contributed by atoms with Crippen molar-refractivity contribution in [2.75, 3.05) is 7.05 Å². The van der Waals surface area contributed by atoms with Gasteiger partial charge in [0, 0.05) is 17.7 Å². The van der Waals surface area contributed by atoms with Gasteiger partial charge in [-0.15, -0.1) is 0 Å². The van der Waals surface area contributed by atoms with E-state index in [9.17, 15) is 0 Å². The van der Waals surface area contributed by atoms with Crippen molar-refractivity contribution in [3.05, 3.63) is 23.8 Å². The highest BCUT2D eigenvalue weighted by molar-refractivity contribution is 5.39. The lowest BCUT2D eigenvalue weighted by Crippen LogP contribution is -2.34. The molecule has 1 heteroatoms. The first-order valence-corrected chi connectivity index (χ1v) is 5.27. The van der Waals surface area contributed by atoms with E-state index in [1.54, 1.807) is 0 Å². The van der Waals surface area contributed by atoms with E-state index >= 15 is 0 Å². The predicted molar refractivity (Wildman–Crippen MR) is 59.9 cm³/mol. The van der Waals surface area contributed by atoms with E-state index in [1.165, 1.54) is 18.4 Å². The summed E-state index contributed by atoms with van der Waals surface area (Å²) >= 11 is 0. The van der Waals surface area contributed by atoms with Crippen molar-refractivity contribution in [2.45, 2.75) is 38.3 Å². The van der Waals surface area contributed by atoms with Gasteiger partial charge in [-0.1, -0.05) is 24.5 Å². The summed E-state index contributed by atoms with van der Waals surface area (Å²) in [6, 6.07) is 1.38. The molecule has 74 valence electrons. The largest absolute Gasteiger partial charge is 0.297 e. The minimum atomic E-state index is 0.642. The maximum atomic E-state index is 3.80. The van der Waals surface area contributed by atoms with E-state index in [0.717, 1.165) is 18.0 Å². The Hall–Kier alpha value is -1.00. The van der Waals surface area contributed by atoms with Crippen LogP contribution in [0.2, 0.25) is 0 Å². The van der Waals surface area contributed by atoms with E-state index in [1.807, 2.05) is 6.92 Å². The van der Waals surface area contributed by atoms with E-state index in [0.29, 0.717) is 6.04 Å². The van der Waals surface area contributed by atoms with Gasteiger partial charge in [0.05, 0.1) is 0 Å². The highest BCUT2D eigenvalue weighted by Crippen LogP contribution is 2.32. The van der Waals surface area contributed by atoms with Crippen molar-refractivity contribution in [1.29, 1.82) is 0 Å². The second kappa shape index (κ2) is 3.63. The van der Waals surface area contributed by atoms with Crippen LogP contribution < -0.4 is 0 Å². The smallest absolute Gasteiger partial charge is 0.0290 e. The predicted octanol–water partition coefficient (Wildman–Crippen LogP) is 2.36. The monoisotopic (exact) mass is 187 g/mol. The van der Waals surface area contributed by atoms with Crippen LogP contribution in [0.3, 0.4) is 0 Å². The van der Waals surface area contributed by atoms with Crippen molar-refractivity contribution in [2.24, 2.45) is 0 Å². The molecule has 0 aromatic rings. The van der Waals surface area contributed by atoms with E-state index < -0.39 is 0 Å². The second-order valence-corrected chi connectivity index (χ2v) is 4.39. The molecule has 2 unspecified atom stereocenters. The van der Waals surface area contributed by atoms with Gasteiger partial charge in [0.25, 0.3) is 0 Å². The lowest BCUT2D eigenvalue weighted by molar-refractivity contribution is 0.257. The Morgan fingerprint density at radius 3 is 3.00 bits per heavy atom. The van der Waals surface area contributed by atoms with Crippen LogP contribution in [0.15, 0.2) is 23.8 Å². The highest BCUT2D eigenvalue weighted by atomic mass is 15.2. The number of hydrogen-bond acceptors (Lipinski definition) is 1. The summed E-state index contributed by atoms with van der Waals surface area (Å²) < 4.78 is 0. The van der Waals surface area contributed by atoms with Crippen LogP contribution in [0.1, 0.15) is 26.2 Å². The van der Waals surface area contributed by atoms with Crippen molar-refractivity contribution < 1.29 is 0 Å². The SMILES string of the molecule is C=C(C)C#CC1=CC2CCC(C1)N2C. The molecule has 1 fully saturated rings. The molecule has 1 nitrogen and oxygen atoms in total. The molecule has 2 aliphatic heterocycles. The van der Waals surface area contributed by atoms with Gasteiger partial charge in [-0.05, 0) is 38.8 Å². The van der Waals surface area contributed by atoms with Crippen molar-refractivity contribution in [3.8, 4) is 11.8 Å². The normalized spacial score (nSPS) is 30.6. The Labute approximate surface area is 86.5 Å². The minimum absolute atomic E-state index is 0.642. The summed E-state index contributed by atoms with van der Waals surface area (Å²) in [5.41, 5.74) is 2.27. The fourth-order valence-corrected chi connectivity index (χ4v) is 2.32. The van der Waals surface area contributed by atoms with Crippen LogP contribution in [-0.2, 0) is 0 Å². The first kappa shape index (κ1) is 9.55. The topological polar surface area (TPSA) is 3.24 Å². The Morgan fingerprint density at radius 2 is 2.36 bits per heavy atom. The maximum absolute atomic E-state index is 3.80. The minimum Gasteiger partial charge on any atom is -0.297 e. The number of rotatable bonds is 0. The fourth-order valence-electron chi connectivity index (χ4n) is 2.32. The average Bonchev–Trinajstić information content (AvgIpc) is 2.41. The van der Waals surface area contributed by atoms with Crippen LogP contribution in [0.25, 0.3) is 0 Å². The van der Waals surface area contributed by atoms with Crippen molar-refractivity contribution >= 4 is 0 Å². The quantitative estimate of drug-likeness (QED) is 0.526. The van der Waals surface area contributed by atoms with Gasteiger partial charge < -0.3 is 0 Å². The molecular weight excluding hydrogens is 170 g/mol. The maximum Gasteiger partial charge on any atom is 0.0290 e. The third-order valence-electron chi connectivity index (χ3n) is 3.18. The average molecular weight is 187 g/mol. The van der Waals surface area contributed by atoms with Gasteiger partial charge >= 0.3 is 0 Å². The first-order valence-electron chi connectivity index (χ1n) is 5.27. The molecule has 2 rings (SSSR count). The van der Waals surface area contributed by atoms with Gasteiger partial charge in [0.1, 0.15) is 0 Å². The molecule has 0 aliphatic carbocycles. The Bertz CT molecular complexity index is 340. The zero-order chi connectivity index (χ0) is 10.1. The number of likely N-dealkylation sites (N-methyl/N-ethyl adjacent to an activating group) is 1. The molecule has 2 atom stereocenters. The van der Waals surface area contributed by atoms with Gasteiger partial charge in [0.2, 0.25) is 0 Å². The molecular formula is C13H17N. The molecule has 14 heavy (non-hydrogen) atoms. The number of nitrogens with zero attached hydrogens (tertiary/aromatic N) is 1. The van der Waals surface area contributed by atoms with E-state index in [2.05, 4.69) is 36.4 Å². The molecule has 2 aliphatic rings. The first-order chi connectivity index (χ1) is 6.66. The molecule has 2 bridgehead atoms. The summed E-state index contributed by atoms with van der Waals surface area (Å²) in [5, 5.41) is 0. The van der Waals surface area contributed by atoms with Gasteiger partial charge in [-0.2, -0.15) is 0 Å². The summed E-state index contributed by atoms with van der Waals surface area (Å²) in [6.07, 6.45) is 6.10. The lowest BCUT2D eigenvalue weighted by Gasteiger charge is -2.28. The Kier molecular flexibility index (Phi) is 2.48. The van der Waals surface area contributed by atoms with Crippen molar-refractivity contribution in [3.63, 3.8) is 0 Å². The second-order valence-electron chi connectivity index (χ2n) is 4.39. The summed E-state index contributed by atoms with van der Waals surface area (Å²) in [4.78, 5) is 2.48. The van der Waals surface area contributed by atoms with Crippen LogP contribution in [-0.4, -0.2) is 24.0 Å². The zero-order valence-corrected chi connectivity index (χ0v) is 9.01. The molecule has 0 amide bonds. The highest BCUT2D eigenvalue weighted by Gasteiger charge is 2.33.